The van der Waals surface area contributed by atoms with Gasteiger partial charge in [-0.05, 0) is 31.0 Å². The molecule has 0 bridgehead atoms. The lowest BCUT2D eigenvalue weighted by atomic mass is 10.1. The van der Waals surface area contributed by atoms with Crippen molar-refractivity contribution in [1.82, 2.24) is 0 Å². The first-order chi connectivity index (χ1) is 9.02. The number of nitrogens with two attached hydrogens (primary N) is 1. The largest absolute Gasteiger partial charge is 0.393 e. The van der Waals surface area contributed by atoms with Crippen molar-refractivity contribution in [2.45, 2.75) is 31.9 Å². The van der Waals surface area contributed by atoms with Crippen molar-refractivity contribution < 1.29 is 4.79 Å². The SMILES string of the molecule is CCc1ccc(NC(=O)C(C)SCCC(N)=S)cc1. The van der Waals surface area contributed by atoms with Gasteiger partial charge in [-0.15, -0.1) is 11.8 Å². The zero-order valence-electron chi connectivity index (χ0n) is 11.3. The van der Waals surface area contributed by atoms with Crippen LogP contribution in [0.3, 0.4) is 0 Å². The molecule has 3 N–H and O–H groups in total. The van der Waals surface area contributed by atoms with E-state index in [0.717, 1.165) is 17.9 Å². The maximum atomic E-state index is 11.9. The number of thiocarbonyl (C=S) groups is 1. The van der Waals surface area contributed by atoms with E-state index in [2.05, 4.69) is 12.2 Å². The summed E-state index contributed by atoms with van der Waals surface area (Å²) in [5, 5.41) is 2.80. The summed E-state index contributed by atoms with van der Waals surface area (Å²) in [6.07, 6.45) is 1.67. The number of thioether (sulfide) groups is 1. The number of carbonyl (C=O) groups is 1. The first-order valence-electron chi connectivity index (χ1n) is 6.32. The Hall–Kier alpha value is -1.07. The highest BCUT2D eigenvalue weighted by Gasteiger charge is 2.13. The minimum atomic E-state index is -0.111. The molecular weight excluding hydrogens is 276 g/mol. The van der Waals surface area contributed by atoms with Gasteiger partial charge in [0.1, 0.15) is 0 Å². The second kappa shape index (κ2) is 8.17. The molecule has 0 aliphatic carbocycles. The highest BCUT2D eigenvalue weighted by atomic mass is 32.2. The molecule has 1 amide bonds. The minimum Gasteiger partial charge on any atom is -0.393 e. The molecule has 0 aromatic heterocycles. The Morgan fingerprint density at radius 1 is 1.42 bits per heavy atom. The van der Waals surface area contributed by atoms with Crippen LogP contribution in [-0.2, 0) is 11.2 Å². The molecule has 0 aliphatic heterocycles. The van der Waals surface area contributed by atoms with Crippen LogP contribution in [0.25, 0.3) is 0 Å². The fourth-order valence-electron chi connectivity index (χ4n) is 1.48. The lowest BCUT2D eigenvalue weighted by Gasteiger charge is -2.12. The van der Waals surface area contributed by atoms with Gasteiger partial charge in [0.2, 0.25) is 5.91 Å². The number of anilines is 1. The van der Waals surface area contributed by atoms with Crippen molar-refractivity contribution >= 4 is 40.6 Å². The van der Waals surface area contributed by atoms with Crippen molar-refractivity contribution in [3.8, 4) is 0 Å². The topological polar surface area (TPSA) is 55.1 Å². The van der Waals surface area contributed by atoms with Crippen LogP contribution in [-0.4, -0.2) is 21.9 Å². The van der Waals surface area contributed by atoms with E-state index >= 15 is 0 Å². The Bertz CT molecular complexity index is 432. The summed E-state index contributed by atoms with van der Waals surface area (Å²) in [6, 6.07) is 7.92. The third-order valence-electron chi connectivity index (χ3n) is 2.72. The summed E-state index contributed by atoms with van der Waals surface area (Å²) >= 11 is 6.37. The molecule has 0 radical (unpaired) electrons. The van der Waals surface area contributed by atoms with Crippen molar-refractivity contribution in [1.29, 1.82) is 0 Å². The Morgan fingerprint density at radius 2 is 2.05 bits per heavy atom. The zero-order chi connectivity index (χ0) is 14.3. The lowest BCUT2D eigenvalue weighted by Crippen LogP contribution is -2.23. The normalized spacial score (nSPS) is 11.9. The monoisotopic (exact) mass is 296 g/mol. The first-order valence-corrected chi connectivity index (χ1v) is 7.78. The van der Waals surface area contributed by atoms with E-state index in [0.29, 0.717) is 11.4 Å². The molecule has 1 aromatic rings. The molecule has 1 rings (SSSR count). The smallest absolute Gasteiger partial charge is 0.237 e. The van der Waals surface area contributed by atoms with E-state index in [9.17, 15) is 4.79 Å². The van der Waals surface area contributed by atoms with E-state index in [4.69, 9.17) is 18.0 Å². The Morgan fingerprint density at radius 3 is 2.58 bits per heavy atom. The van der Waals surface area contributed by atoms with Crippen LogP contribution in [0.4, 0.5) is 5.69 Å². The number of rotatable bonds is 7. The Balaban J connectivity index is 2.42. The molecule has 1 unspecified atom stereocenters. The van der Waals surface area contributed by atoms with Crippen LogP contribution in [0.1, 0.15) is 25.8 Å². The van der Waals surface area contributed by atoms with Gasteiger partial charge in [0, 0.05) is 17.9 Å². The number of carbonyl (C=O) groups excluding carboxylic acids is 1. The zero-order valence-corrected chi connectivity index (χ0v) is 12.9. The average Bonchev–Trinajstić information content (AvgIpc) is 2.39. The van der Waals surface area contributed by atoms with E-state index in [1.807, 2.05) is 31.2 Å². The van der Waals surface area contributed by atoms with E-state index in [1.54, 1.807) is 11.8 Å². The summed E-state index contributed by atoms with van der Waals surface area (Å²) < 4.78 is 0. The molecule has 104 valence electrons. The van der Waals surface area contributed by atoms with Gasteiger partial charge in [-0.25, -0.2) is 0 Å². The Labute approximate surface area is 124 Å². The third kappa shape index (κ3) is 6.07. The molecule has 1 atom stereocenters. The third-order valence-corrected chi connectivity index (χ3v) is 4.07. The van der Waals surface area contributed by atoms with Crippen LogP contribution in [0, 0.1) is 0 Å². The van der Waals surface area contributed by atoms with Crippen molar-refractivity contribution in [3.63, 3.8) is 0 Å². The highest BCUT2D eigenvalue weighted by Crippen LogP contribution is 2.15. The average molecular weight is 296 g/mol. The van der Waals surface area contributed by atoms with Gasteiger partial charge in [0.25, 0.3) is 0 Å². The first kappa shape index (κ1) is 16.0. The molecule has 19 heavy (non-hydrogen) atoms. The maximum absolute atomic E-state index is 11.9. The number of benzene rings is 1. The van der Waals surface area contributed by atoms with Gasteiger partial charge in [-0.2, -0.15) is 0 Å². The molecule has 0 saturated carbocycles. The summed E-state index contributed by atoms with van der Waals surface area (Å²) in [4.78, 5) is 12.4. The van der Waals surface area contributed by atoms with Crippen LogP contribution in [0.2, 0.25) is 0 Å². The summed E-state index contributed by atoms with van der Waals surface area (Å²) in [7, 11) is 0. The quantitative estimate of drug-likeness (QED) is 0.760. The predicted octanol–water partition coefficient (Wildman–Crippen LogP) is 2.99. The van der Waals surface area contributed by atoms with E-state index in [-0.39, 0.29) is 11.2 Å². The second-order valence-electron chi connectivity index (χ2n) is 4.27. The van der Waals surface area contributed by atoms with Crippen LogP contribution < -0.4 is 11.1 Å². The van der Waals surface area contributed by atoms with Crippen molar-refractivity contribution in [2.75, 3.05) is 11.1 Å². The fourth-order valence-corrected chi connectivity index (χ4v) is 2.61. The van der Waals surface area contributed by atoms with Crippen LogP contribution in [0.5, 0.6) is 0 Å². The number of hydrogen-bond donors (Lipinski definition) is 2. The van der Waals surface area contributed by atoms with Crippen LogP contribution in [0.15, 0.2) is 24.3 Å². The van der Waals surface area contributed by atoms with Gasteiger partial charge < -0.3 is 11.1 Å². The summed E-state index contributed by atoms with van der Waals surface area (Å²) in [5.41, 5.74) is 7.52. The molecule has 1 aromatic carbocycles. The molecule has 0 aliphatic rings. The molecular formula is C14H20N2OS2. The standard InChI is InChI=1S/C14H20N2OS2/c1-3-11-4-6-12(7-5-11)16-14(17)10(2)19-9-8-13(15)18/h4-7,10H,3,8-9H2,1-2H3,(H2,15,18)(H,16,17). The highest BCUT2D eigenvalue weighted by molar-refractivity contribution is 8.00. The number of amides is 1. The summed E-state index contributed by atoms with van der Waals surface area (Å²) in [6.45, 7) is 3.99. The lowest BCUT2D eigenvalue weighted by molar-refractivity contribution is -0.115. The molecule has 0 saturated heterocycles. The number of aryl methyl sites for hydroxylation is 1. The molecule has 0 fully saturated rings. The Kier molecular flexibility index (Phi) is 6.87. The molecule has 0 heterocycles. The minimum absolute atomic E-state index is 0.0113. The molecule has 0 spiro atoms. The van der Waals surface area contributed by atoms with Gasteiger partial charge in [0.15, 0.2) is 0 Å². The molecule has 3 nitrogen and oxygen atoms in total. The number of hydrogen-bond acceptors (Lipinski definition) is 3. The maximum Gasteiger partial charge on any atom is 0.237 e. The second-order valence-corrected chi connectivity index (χ2v) is 6.24. The number of nitrogens with one attached hydrogen (secondary N) is 1. The molecule has 5 heteroatoms. The predicted molar refractivity (Wildman–Crippen MR) is 87.8 cm³/mol. The fraction of sp³-hybridized carbons (Fsp3) is 0.429. The van der Waals surface area contributed by atoms with E-state index in [1.165, 1.54) is 5.56 Å². The van der Waals surface area contributed by atoms with Gasteiger partial charge in [0.05, 0.1) is 10.2 Å². The van der Waals surface area contributed by atoms with Gasteiger partial charge >= 0.3 is 0 Å². The van der Waals surface area contributed by atoms with Crippen LogP contribution >= 0.6 is 24.0 Å². The van der Waals surface area contributed by atoms with Crippen molar-refractivity contribution in [2.24, 2.45) is 5.73 Å². The van der Waals surface area contributed by atoms with Gasteiger partial charge in [-0.3, -0.25) is 4.79 Å². The summed E-state index contributed by atoms with van der Waals surface area (Å²) in [5.74, 6) is 0.788. The van der Waals surface area contributed by atoms with E-state index < -0.39 is 0 Å². The van der Waals surface area contributed by atoms with Gasteiger partial charge in [-0.1, -0.05) is 31.3 Å². The van der Waals surface area contributed by atoms with Crippen molar-refractivity contribution in [3.05, 3.63) is 29.8 Å².